The molecule has 1 aliphatic rings. The third-order valence-corrected chi connectivity index (χ3v) is 6.57. The molecule has 3 heterocycles. The Morgan fingerprint density at radius 1 is 1.15 bits per heavy atom. The molecule has 0 amide bonds. The van der Waals surface area contributed by atoms with E-state index in [9.17, 15) is 9.65 Å². The summed E-state index contributed by atoms with van der Waals surface area (Å²) in [7, 11) is 0. The third-order valence-electron chi connectivity index (χ3n) is 6.57. The highest BCUT2D eigenvalue weighted by molar-refractivity contribution is 5.83. The van der Waals surface area contributed by atoms with E-state index in [0.717, 1.165) is 51.0 Å². The molecular weight excluding hydrogens is 526 g/mol. The predicted molar refractivity (Wildman–Crippen MR) is 156 cm³/mol. The molecule has 1 fully saturated rings. The van der Waals surface area contributed by atoms with E-state index in [4.69, 9.17) is 10.5 Å². The fraction of sp³-hybridized carbons (Fsp3) is 0.300. The number of hydrogen-bond acceptors (Lipinski definition) is 8. The first-order valence-electron chi connectivity index (χ1n) is 13.3. The maximum absolute atomic E-state index is 15.0. The number of halogens is 2. The number of ether oxygens (including phenoxy) is 1. The van der Waals surface area contributed by atoms with E-state index in [1.165, 1.54) is 18.0 Å². The molecule has 1 saturated heterocycles. The van der Waals surface area contributed by atoms with Crippen LogP contribution < -0.4 is 15.8 Å². The van der Waals surface area contributed by atoms with Gasteiger partial charge < -0.3 is 25.7 Å². The summed E-state index contributed by atoms with van der Waals surface area (Å²) in [6.45, 7) is 15.2. The SMILES string of the molecule is C=C(C)N.CCN1CCN(Cc2ccc(Nc3ncnc(Oc4cc(F)c5[nH]c(C)cc5c4F)c3C#N)cc2)CC1. The first kappa shape index (κ1) is 29.5. The van der Waals surface area contributed by atoms with E-state index in [1.807, 2.05) is 30.3 Å². The van der Waals surface area contributed by atoms with Gasteiger partial charge in [-0.1, -0.05) is 25.6 Å². The average Bonchev–Trinajstić information content (AvgIpc) is 3.35. The Kier molecular flexibility index (Phi) is 9.49. The highest BCUT2D eigenvalue weighted by Crippen LogP contribution is 2.34. The number of aromatic amines is 1. The van der Waals surface area contributed by atoms with Crippen molar-refractivity contribution in [3.8, 4) is 17.7 Å². The molecule has 9 nitrogen and oxygen atoms in total. The number of piperazine rings is 1. The zero-order chi connectivity index (χ0) is 29.5. The molecule has 1 aliphatic heterocycles. The number of hydrogen-bond donors (Lipinski definition) is 3. The van der Waals surface area contributed by atoms with Crippen molar-refractivity contribution < 1.29 is 13.5 Å². The lowest BCUT2D eigenvalue weighted by atomic mass is 10.1. The Morgan fingerprint density at radius 2 is 1.80 bits per heavy atom. The van der Waals surface area contributed by atoms with Gasteiger partial charge in [-0.3, -0.25) is 4.90 Å². The van der Waals surface area contributed by atoms with Crippen LogP contribution in [0, 0.1) is 29.9 Å². The number of allylic oxidation sites excluding steroid dienone is 1. The summed E-state index contributed by atoms with van der Waals surface area (Å²) < 4.78 is 35.1. The predicted octanol–water partition coefficient (Wildman–Crippen LogP) is 5.57. The molecule has 2 aromatic heterocycles. The van der Waals surface area contributed by atoms with E-state index in [0.29, 0.717) is 11.4 Å². The minimum absolute atomic E-state index is 0.0227. The Labute approximate surface area is 238 Å². The summed E-state index contributed by atoms with van der Waals surface area (Å²) in [6, 6.07) is 12.3. The second-order valence-corrected chi connectivity index (χ2v) is 9.91. The monoisotopic (exact) mass is 560 g/mol. The Balaban J connectivity index is 0.000000909. The number of aromatic nitrogens is 3. The number of H-pyrrole nitrogens is 1. The van der Waals surface area contributed by atoms with E-state index in [-0.39, 0.29) is 33.9 Å². The molecule has 41 heavy (non-hydrogen) atoms. The maximum atomic E-state index is 15.0. The van der Waals surface area contributed by atoms with Crippen LogP contribution in [0.1, 0.15) is 30.7 Å². The fourth-order valence-electron chi connectivity index (χ4n) is 4.51. The third kappa shape index (κ3) is 7.36. The lowest BCUT2D eigenvalue weighted by molar-refractivity contribution is 0.132. The zero-order valence-electron chi connectivity index (χ0n) is 23.5. The number of nitrogens with one attached hydrogen (secondary N) is 2. The number of rotatable bonds is 7. The van der Waals surface area contributed by atoms with Gasteiger partial charge in [0.15, 0.2) is 28.8 Å². The number of fused-ring (bicyclic) bond motifs is 1. The molecule has 11 heteroatoms. The molecule has 214 valence electrons. The molecule has 4 N–H and O–H groups in total. The van der Waals surface area contributed by atoms with Crippen molar-refractivity contribution in [2.24, 2.45) is 5.73 Å². The first-order chi connectivity index (χ1) is 19.7. The molecule has 0 spiro atoms. The van der Waals surface area contributed by atoms with Crippen LogP contribution in [0.2, 0.25) is 0 Å². The van der Waals surface area contributed by atoms with Crippen LogP contribution in [0.5, 0.6) is 11.6 Å². The van der Waals surface area contributed by atoms with Crippen molar-refractivity contribution >= 4 is 22.4 Å². The molecule has 0 radical (unpaired) electrons. The van der Waals surface area contributed by atoms with Crippen LogP contribution >= 0.6 is 0 Å². The lowest BCUT2D eigenvalue weighted by Gasteiger charge is -2.34. The largest absolute Gasteiger partial charge is 0.434 e. The fourth-order valence-corrected chi connectivity index (χ4v) is 4.51. The van der Waals surface area contributed by atoms with Gasteiger partial charge in [-0.05, 0) is 49.9 Å². The van der Waals surface area contributed by atoms with Crippen molar-refractivity contribution in [1.29, 1.82) is 5.26 Å². The summed E-state index contributed by atoms with van der Waals surface area (Å²) in [6.07, 6.45) is 1.20. The minimum Gasteiger partial charge on any atom is -0.434 e. The second-order valence-electron chi connectivity index (χ2n) is 9.91. The summed E-state index contributed by atoms with van der Waals surface area (Å²) in [5.74, 6) is -1.75. The van der Waals surface area contributed by atoms with Crippen molar-refractivity contribution in [3.63, 3.8) is 0 Å². The summed E-state index contributed by atoms with van der Waals surface area (Å²) in [5, 5.41) is 13.0. The topological polar surface area (TPSA) is 119 Å². The number of likely N-dealkylation sites (N-methyl/N-ethyl adjacent to an activating group) is 1. The standard InChI is InChI=1S/C27H27F2N7O.C3H7N/c1-3-35-8-10-36(11-9-35)15-18-4-6-19(7-5-18)34-26-21(14-30)27(32-16-31-26)37-23-13-22(28)25-20(24(23)29)12-17(2)33-25;1-3(2)4/h4-7,12-13,16,33H,3,8-11,15H2,1-2H3,(H,31,32,34);1,4H2,2H3. The van der Waals surface area contributed by atoms with Gasteiger partial charge in [0.05, 0.1) is 5.52 Å². The maximum Gasteiger partial charge on any atom is 0.242 e. The Bertz CT molecular complexity index is 1550. The molecule has 0 saturated carbocycles. The van der Waals surface area contributed by atoms with Gasteiger partial charge in [-0.25, -0.2) is 18.7 Å². The highest BCUT2D eigenvalue weighted by atomic mass is 19.1. The number of nitrogens with zero attached hydrogens (tertiary/aromatic N) is 5. The molecule has 0 unspecified atom stereocenters. The molecule has 0 bridgehead atoms. The van der Waals surface area contributed by atoms with Gasteiger partial charge in [0.1, 0.15) is 12.4 Å². The zero-order valence-corrected chi connectivity index (χ0v) is 23.5. The average molecular weight is 561 g/mol. The number of nitrogens with two attached hydrogens (primary N) is 1. The van der Waals surface area contributed by atoms with Gasteiger partial charge in [0.2, 0.25) is 5.88 Å². The highest BCUT2D eigenvalue weighted by Gasteiger charge is 2.20. The summed E-state index contributed by atoms with van der Waals surface area (Å²) >= 11 is 0. The van der Waals surface area contributed by atoms with E-state index in [2.05, 4.69) is 43.6 Å². The van der Waals surface area contributed by atoms with Crippen LogP contribution in [-0.2, 0) is 6.54 Å². The molecule has 0 aliphatic carbocycles. The quantitative estimate of drug-likeness (QED) is 0.269. The van der Waals surface area contributed by atoms with Crippen molar-refractivity contribution in [2.45, 2.75) is 27.3 Å². The summed E-state index contributed by atoms with van der Waals surface area (Å²) in [5.41, 5.74) is 8.14. The smallest absolute Gasteiger partial charge is 0.242 e. The van der Waals surface area contributed by atoms with Crippen LogP contribution in [0.3, 0.4) is 0 Å². The van der Waals surface area contributed by atoms with E-state index >= 15 is 4.39 Å². The number of nitriles is 1. The van der Waals surface area contributed by atoms with E-state index in [1.54, 1.807) is 13.8 Å². The van der Waals surface area contributed by atoms with Gasteiger partial charge in [0, 0.05) is 55.6 Å². The number of aryl methyl sites for hydroxylation is 1. The van der Waals surface area contributed by atoms with Crippen LogP contribution in [0.25, 0.3) is 10.9 Å². The van der Waals surface area contributed by atoms with Crippen molar-refractivity contribution in [1.82, 2.24) is 24.8 Å². The molecule has 2 aromatic carbocycles. The second kappa shape index (κ2) is 13.2. The van der Waals surface area contributed by atoms with Crippen LogP contribution in [0.15, 0.2) is 55.0 Å². The minimum atomic E-state index is -0.746. The van der Waals surface area contributed by atoms with E-state index < -0.39 is 11.6 Å². The Morgan fingerprint density at radius 3 is 2.44 bits per heavy atom. The van der Waals surface area contributed by atoms with Gasteiger partial charge in [0.25, 0.3) is 0 Å². The molecular formula is C30H34F2N8O. The first-order valence-corrected chi connectivity index (χ1v) is 13.3. The molecule has 5 rings (SSSR count). The van der Waals surface area contributed by atoms with Gasteiger partial charge >= 0.3 is 0 Å². The van der Waals surface area contributed by atoms with Gasteiger partial charge in [-0.15, -0.1) is 0 Å². The number of benzene rings is 2. The normalized spacial score (nSPS) is 13.8. The van der Waals surface area contributed by atoms with Crippen molar-refractivity contribution in [2.75, 3.05) is 38.0 Å². The molecule has 0 atom stereocenters. The van der Waals surface area contributed by atoms with Crippen LogP contribution in [-0.4, -0.2) is 57.5 Å². The van der Waals surface area contributed by atoms with Crippen LogP contribution in [0.4, 0.5) is 20.3 Å². The Hall–Kier alpha value is -4.53. The lowest BCUT2D eigenvalue weighted by Crippen LogP contribution is -2.45. The van der Waals surface area contributed by atoms with Crippen molar-refractivity contribution in [3.05, 3.63) is 83.5 Å². The van der Waals surface area contributed by atoms with Gasteiger partial charge in [-0.2, -0.15) is 5.26 Å². The number of anilines is 2. The summed E-state index contributed by atoms with van der Waals surface area (Å²) in [4.78, 5) is 15.8. The molecule has 4 aromatic rings.